The second kappa shape index (κ2) is 5.81. The average molecular weight is 313 g/mol. The Labute approximate surface area is 136 Å². The number of hydrogen-bond acceptors (Lipinski definition) is 4. The number of para-hydroxylation sites is 1. The Balaban J connectivity index is 1.86. The van der Waals surface area contributed by atoms with Gasteiger partial charge in [-0.1, -0.05) is 18.2 Å². The molecule has 2 N–H and O–H groups in total. The molecule has 122 valence electrons. The fourth-order valence-corrected chi connectivity index (χ4v) is 3.05. The molecule has 2 heterocycles. The van der Waals surface area contributed by atoms with Crippen LogP contribution in [-0.4, -0.2) is 39.0 Å². The largest absolute Gasteiger partial charge is 0.392 e. The molecule has 1 fully saturated rings. The molecule has 1 atom stereocenters. The van der Waals surface area contributed by atoms with Gasteiger partial charge in [0.2, 0.25) is 5.91 Å². The van der Waals surface area contributed by atoms with Crippen molar-refractivity contribution in [2.75, 3.05) is 11.9 Å². The van der Waals surface area contributed by atoms with Crippen LogP contribution < -0.4 is 5.32 Å². The van der Waals surface area contributed by atoms with Crippen LogP contribution in [0.1, 0.15) is 32.8 Å². The van der Waals surface area contributed by atoms with Crippen molar-refractivity contribution < 1.29 is 9.90 Å². The first-order valence-electron chi connectivity index (χ1n) is 7.95. The summed E-state index contributed by atoms with van der Waals surface area (Å²) >= 11 is 0. The van der Waals surface area contributed by atoms with Crippen LogP contribution in [0.25, 0.3) is 10.9 Å². The lowest BCUT2D eigenvalue weighted by atomic mass is 10.1. The smallest absolute Gasteiger partial charge is 0.225 e. The number of pyridine rings is 1. The number of aliphatic hydroxyl groups excluding tert-OH is 1. The summed E-state index contributed by atoms with van der Waals surface area (Å²) in [6, 6.07) is 9.78. The highest BCUT2D eigenvalue weighted by molar-refractivity contribution is 5.83. The maximum absolute atomic E-state index is 12.2. The number of likely N-dealkylation sites (tertiary alicyclic amines) is 1. The van der Waals surface area contributed by atoms with Gasteiger partial charge in [-0.05, 0) is 32.9 Å². The SMILES string of the molecule is CC(C)(C)N1CC(Nc2nc3ccccc3cc2CO)CC1=O. The lowest BCUT2D eigenvalue weighted by molar-refractivity contribution is -0.131. The highest BCUT2D eigenvalue weighted by Gasteiger charge is 2.36. The first-order chi connectivity index (χ1) is 10.9. The molecular weight excluding hydrogens is 290 g/mol. The molecule has 0 spiro atoms. The summed E-state index contributed by atoms with van der Waals surface area (Å²) in [6.45, 7) is 6.70. The third kappa shape index (κ3) is 3.15. The quantitative estimate of drug-likeness (QED) is 0.914. The number of nitrogens with one attached hydrogen (secondary N) is 1. The molecule has 0 bridgehead atoms. The molecular formula is C18H23N3O2. The minimum absolute atomic E-state index is 0.0145. The molecule has 1 saturated heterocycles. The van der Waals surface area contributed by atoms with Gasteiger partial charge in [0, 0.05) is 29.5 Å². The van der Waals surface area contributed by atoms with E-state index >= 15 is 0 Å². The number of benzene rings is 1. The van der Waals surface area contributed by atoms with Gasteiger partial charge in [-0.3, -0.25) is 4.79 Å². The lowest BCUT2D eigenvalue weighted by Crippen LogP contribution is -2.43. The number of aromatic nitrogens is 1. The van der Waals surface area contributed by atoms with E-state index in [1.807, 2.05) is 56.0 Å². The van der Waals surface area contributed by atoms with Gasteiger partial charge in [0.1, 0.15) is 5.82 Å². The molecule has 0 saturated carbocycles. The monoisotopic (exact) mass is 313 g/mol. The summed E-state index contributed by atoms with van der Waals surface area (Å²) in [5, 5.41) is 14.0. The number of carbonyl (C=O) groups excluding carboxylic acids is 1. The van der Waals surface area contributed by atoms with Crippen molar-refractivity contribution in [1.29, 1.82) is 0 Å². The van der Waals surface area contributed by atoms with E-state index in [-0.39, 0.29) is 24.1 Å². The standard InChI is InChI=1S/C18H23N3O2/c1-18(2,3)21-10-14(9-16(21)23)19-17-13(11-22)8-12-6-4-5-7-15(12)20-17/h4-8,14,22H,9-11H2,1-3H3,(H,19,20). The average Bonchev–Trinajstić information content (AvgIpc) is 2.87. The van der Waals surface area contributed by atoms with E-state index in [1.54, 1.807) is 0 Å². The van der Waals surface area contributed by atoms with E-state index in [9.17, 15) is 9.90 Å². The number of carbonyl (C=O) groups is 1. The van der Waals surface area contributed by atoms with Crippen LogP contribution in [0.15, 0.2) is 30.3 Å². The third-order valence-corrected chi connectivity index (χ3v) is 4.25. The molecule has 2 aromatic rings. The Kier molecular flexibility index (Phi) is 3.98. The van der Waals surface area contributed by atoms with Crippen LogP contribution in [0.2, 0.25) is 0 Å². The minimum Gasteiger partial charge on any atom is -0.392 e. The van der Waals surface area contributed by atoms with Crippen molar-refractivity contribution in [3.63, 3.8) is 0 Å². The lowest BCUT2D eigenvalue weighted by Gasteiger charge is -2.32. The molecule has 1 aliphatic rings. The molecule has 5 nitrogen and oxygen atoms in total. The summed E-state index contributed by atoms with van der Waals surface area (Å²) in [6.07, 6.45) is 0.455. The Bertz CT molecular complexity index is 737. The predicted molar refractivity (Wildman–Crippen MR) is 91.2 cm³/mol. The molecule has 0 radical (unpaired) electrons. The number of amides is 1. The van der Waals surface area contributed by atoms with E-state index in [4.69, 9.17) is 0 Å². The maximum atomic E-state index is 12.2. The fraction of sp³-hybridized carbons (Fsp3) is 0.444. The summed E-state index contributed by atoms with van der Waals surface area (Å²) in [7, 11) is 0. The van der Waals surface area contributed by atoms with Gasteiger partial charge in [-0.2, -0.15) is 0 Å². The van der Waals surface area contributed by atoms with E-state index in [2.05, 4.69) is 10.3 Å². The van der Waals surface area contributed by atoms with E-state index in [0.717, 1.165) is 16.5 Å². The number of aliphatic hydroxyl groups is 1. The molecule has 1 aliphatic heterocycles. The van der Waals surface area contributed by atoms with Gasteiger partial charge < -0.3 is 15.3 Å². The summed E-state index contributed by atoms with van der Waals surface area (Å²) in [4.78, 5) is 18.7. The third-order valence-electron chi connectivity index (χ3n) is 4.25. The molecule has 3 rings (SSSR count). The first-order valence-corrected chi connectivity index (χ1v) is 7.95. The normalized spacial score (nSPS) is 18.7. The number of rotatable bonds is 3. The second-order valence-corrected chi connectivity index (χ2v) is 7.07. The van der Waals surface area contributed by atoms with Crippen molar-refractivity contribution >= 4 is 22.6 Å². The van der Waals surface area contributed by atoms with Crippen LogP contribution in [-0.2, 0) is 11.4 Å². The van der Waals surface area contributed by atoms with Gasteiger partial charge in [0.25, 0.3) is 0 Å². The van der Waals surface area contributed by atoms with Crippen molar-refractivity contribution in [2.45, 2.75) is 45.4 Å². The van der Waals surface area contributed by atoms with Crippen molar-refractivity contribution in [1.82, 2.24) is 9.88 Å². The Morgan fingerprint density at radius 1 is 1.35 bits per heavy atom. The minimum atomic E-state index is -0.176. The summed E-state index contributed by atoms with van der Waals surface area (Å²) in [5.41, 5.74) is 1.46. The van der Waals surface area contributed by atoms with Gasteiger partial charge in [-0.15, -0.1) is 0 Å². The van der Waals surface area contributed by atoms with Gasteiger partial charge in [0.05, 0.1) is 18.2 Å². The predicted octanol–water partition coefficient (Wildman–Crippen LogP) is 2.54. The molecule has 1 aromatic heterocycles. The summed E-state index contributed by atoms with van der Waals surface area (Å²) < 4.78 is 0. The van der Waals surface area contributed by atoms with Crippen LogP contribution in [0.4, 0.5) is 5.82 Å². The van der Waals surface area contributed by atoms with Gasteiger partial charge in [0.15, 0.2) is 0 Å². The molecule has 1 aromatic carbocycles. The highest BCUT2D eigenvalue weighted by atomic mass is 16.3. The molecule has 5 heteroatoms. The number of fused-ring (bicyclic) bond motifs is 1. The van der Waals surface area contributed by atoms with Crippen molar-refractivity contribution in [3.8, 4) is 0 Å². The van der Waals surface area contributed by atoms with Crippen LogP contribution in [0.5, 0.6) is 0 Å². The topological polar surface area (TPSA) is 65.5 Å². The molecule has 1 amide bonds. The Morgan fingerprint density at radius 2 is 2.09 bits per heavy atom. The van der Waals surface area contributed by atoms with Crippen LogP contribution >= 0.6 is 0 Å². The number of nitrogens with zero attached hydrogens (tertiary/aromatic N) is 2. The fourth-order valence-electron chi connectivity index (χ4n) is 3.05. The Hall–Kier alpha value is -2.14. The zero-order valence-electron chi connectivity index (χ0n) is 13.8. The van der Waals surface area contributed by atoms with E-state index in [1.165, 1.54) is 0 Å². The van der Waals surface area contributed by atoms with Gasteiger partial charge in [-0.25, -0.2) is 4.98 Å². The highest BCUT2D eigenvalue weighted by Crippen LogP contribution is 2.26. The first kappa shape index (κ1) is 15.7. The van der Waals surface area contributed by atoms with Crippen molar-refractivity contribution in [3.05, 3.63) is 35.9 Å². The van der Waals surface area contributed by atoms with Crippen LogP contribution in [0, 0.1) is 0 Å². The summed E-state index contributed by atoms with van der Waals surface area (Å²) in [5.74, 6) is 0.820. The number of hydrogen-bond donors (Lipinski definition) is 2. The zero-order valence-corrected chi connectivity index (χ0v) is 13.8. The Morgan fingerprint density at radius 3 is 2.74 bits per heavy atom. The van der Waals surface area contributed by atoms with E-state index < -0.39 is 0 Å². The zero-order chi connectivity index (χ0) is 16.6. The molecule has 23 heavy (non-hydrogen) atoms. The molecule has 0 aliphatic carbocycles. The van der Waals surface area contributed by atoms with E-state index in [0.29, 0.717) is 18.8 Å². The number of anilines is 1. The van der Waals surface area contributed by atoms with Crippen molar-refractivity contribution in [2.24, 2.45) is 0 Å². The van der Waals surface area contributed by atoms with Gasteiger partial charge >= 0.3 is 0 Å². The van der Waals surface area contributed by atoms with Crippen LogP contribution in [0.3, 0.4) is 0 Å². The maximum Gasteiger partial charge on any atom is 0.225 e. The second-order valence-electron chi connectivity index (χ2n) is 7.07. The molecule has 1 unspecified atom stereocenters.